The molecule has 1 amide bonds. The predicted molar refractivity (Wildman–Crippen MR) is 92.8 cm³/mol. The van der Waals surface area contributed by atoms with Crippen LogP contribution in [0.25, 0.3) is 0 Å². The lowest BCUT2D eigenvalue weighted by atomic mass is 10.2. The second-order valence-electron chi connectivity index (χ2n) is 4.00. The number of halogens is 3. The van der Waals surface area contributed by atoms with E-state index in [-0.39, 0.29) is 16.3 Å². The maximum absolute atomic E-state index is 11.9. The van der Waals surface area contributed by atoms with Crippen LogP contribution in [-0.2, 0) is 0 Å². The third-order valence-electron chi connectivity index (χ3n) is 2.55. The summed E-state index contributed by atoms with van der Waals surface area (Å²) >= 11 is 17.5. The van der Waals surface area contributed by atoms with Crippen LogP contribution in [0.4, 0.5) is 0 Å². The molecule has 0 saturated heterocycles. The monoisotopic (exact) mass is 374 g/mol. The molecule has 0 bridgehead atoms. The molecule has 2 aromatic rings. The molecular formula is C15H13Cl3N2O3. The number of phenolic OH excluding ortho intramolecular Hbond substituents is 1. The van der Waals surface area contributed by atoms with Crippen molar-refractivity contribution >= 4 is 46.9 Å². The van der Waals surface area contributed by atoms with Crippen LogP contribution >= 0.6 is 34.8 Å². The Balaban J connectivity index is 0.00000127. The highest BCUT2D eigenvalue weighted by Crippen LogP contribution is 2.29. The fraction of sp³-hybridized carbons (Fsp3) is 0.0667. The summed E-state index contributed by atoms with van der Waals surface area (Å²) in [6.45, 7) is 0. The second kappa shape index (κ2) is 9.37. The molecule has 3 N–H and O–H groups in total. The van der Waals surface area contributed by atoms with Gasteiger partial charge in [0, 0.05) is 17.7 Å². The molecule has 0 aliphatic heterocycles. The Labute approximate surface area is 148 Å². The van der Waals surface area contributed by atoms with E-state index in [1.54, 1.807) is 24.3 Å². The van der Waals surface area contributed by atoms with Crippen LogP contribution in [0.15, 0.2) is 41.5 Å². The highest BCUT2D eigenvalue weighted by molar-refractivity contribution is 6.36. The number of phenols is 1. The van der Waals surface area contributed by atoms with E-state index in [9.17, 15) is 9.90 Å². The largest absolute Gasteiger partial charge is 0.506 e. The second-order valence-corrected chi connectivity index (χ2v) is 5.26. The zero-order chi connectivity index (χ0) is 17.4. The first-order chi connectivity index (χ1) is 11.0. The van der Waals surface area contributed by atoms with Crippen molar-refractivity contribution in [2.75, 3.05) is 7.11 Å². The van der Waals surface area contributed by atoms with Gasteiger partial charge in [-0.1, -0.05) is 46.9 Å². The lowest BCUT2D eigenvalue weighted by Crippen LogP contribution is -2.17. The highest BCUT2D eigenvalue weighted by atomic mass is 35.5. The molecule has 0 radical (unpaired) electrons. The molecule has 0 aromatic heterocycles. The first kappa shape index (κ1) is 19.3. The van der Waals surface area contributed by atoms with E-state index in [2.05, 4.69) is 10.5 Å². The number of aliphatic hydroxyl groups excluding tert-OH is 1. The number of aromatic hydroxyl groups is 1. The number of amides is 1. The summed E-state index contributed by atoms with van der Waals surface area (Å²) in [5.74, 6) is -0.638. The van der Waals surface area contributed by atoms with Crippen molar-refractivity contribution < 1.29 is 15.0 Å². The minimum Gasteiger partial charge on any atom is -0.506 e. The summed E-state index contributed by atoms with van der Waals surface area (Å²) in [5, 5.41) is 21.2. The summed E-state index contributed by atoms with van der Waals surface area (Å²) in [6, 6.07) is 9.44. The zero-order valence-electron chi connectivity index (χ0n) is 11.9. The molecule has 0 aliphatic carbocycles. The third-order valence-corrected chi connectivity index (χ3v) is 3.38. The van der Waals surface area contributed by atoms with Gasteiger partial charge in [0.1, 0.15) is 5.75 Å². The van der Waals surface area contributed by atoms with Crippen molar-refractivity contribution in [1.82, 2.24) is 5.43 Å². The molecule has 2 rings (SSSR count). The van der Waals surface area contributed by atoms with Crippen molar-refractivity contribution in [2.45, 2.75) is 0 Å². The molecule has 0 atom stereocenters. The number of carbonyl (C=O) groups excluding carboxylic acids is 1. The van der Waals surface area contributed by atoms with Crippen molar-refractivity contribution in [3.63, 3.8) is 0 Å². The van der Waals surface area contributed by atoms with E-state index >= 15 is 0 Å². The molecule has 0 heterocycles. The molecule has 8 heteroatoms. The summed E-state index contributed by atoms with van der Waals surface area (Å²) in [7, 11) is 1.00. The molecule has 122 valence electrons. The number of nitrogens with zero attached hydrogens (tertiary/aromatic N) is 1. The molecule has 0 fully saturated rings. The molecular weight excluding hydrogens is 363 g/mol. The maximum Gasteiger partial charge on any atom is 0.272 e. The third kappa shape index (κ3) is 5.41. The number of hydrogen-bond donors (Lipinski definition) is 3. The van der Waals surface area contributed by atoms with E-state index in [4.69, 9.17) is 39.9 Å². The van der Waals surface area contributed by atoms with E-state index in [1.165, 1.54) is 18.3 Å². The van der Waals surface area contributed by atoms with Gasteiger partial charge in [-0.25, -0.2) is 5.43 Å². The standard InChI is InChI=1S/C14H9Cl3N2O2.CH4O/c15-9-5-8(13(20)12(17)6-9)7-18-19-14(21)10-3-1-2-4-11(10)16;1-2/h1-7,20H,(H,19,21);2H,1H3/b18-7+;. The minimum atomic E-state index is -0.468. The number of nitrogens with one attached hydrogen (secondary N) is 1. The zero-order valence-corrected chi connectivity index (χ0v) is 14.2. The lowest BCUT2D eigenvalue weighted by molar-refractivity contribution is 0.0955. The lowest BCUT2D eigenvalue weighted by Gasteiger charge is -2.03. The summed E-state index contributed by atoms with van der Waals surface area (Å²) < 4.78 is 0. The molecule has 0 saturated carbocycles. The quantitative estimate of drug-likeness (QED) is 0.565. The predicted octanol–water partition coefficient (Wildman–Crippen LogP) is 3.72. The summed E-state index contributed by atoms with van der Waals surface area (Å²) in [4.78, 5) is 11.9. The number of hydrogen-bond acceptors (Lipinski definition) is 4. The van der Waals surface area contributed by atoms with E-state index < -0.39 is 5.91 Å². The van der Waals surface area contributed by atoms with Gasteiger partial charge < -0.3 is 10.2 Å². The molecule has 0 unspecified atom stereocenters. The smallest absolute Gasteiger partial charge is 0.272 e. The first-order valence-corrected chi connectivity index (χ1v) is 7.33. The van der Waals surface area contributed by atoms with Gasteiger partial charge in [0.2, 0.25) is 0 Å². The molecule has 2 aromatic carbocycles. The fourth-order valence-corrected chi connectivity index (χ4v) is 2.28. The van der Waals surface area contributed by atoms with E-state index in [0.29, 0.717) is 15.6 Å². The van der Waals surface area contributed by atoms with Crippen molar-refractivity contribution in [3.05, 3.63) is 62.6 Å². The molecule has 0 spiro atoms. The van der Waals surface area contributed by atoms with Gasteiger partial charge in [0.15, 0.2) is 0 Å². The Morgan fingerprint density at radius 1 is 1.13 bits per heavy atom. The summed E-state index contributed by atoms with van der Waals surface area (Å²) in [5.41, 5.74) is 2.88. The number of aliphatic hydroxyl groups is 1. The van der Waals surface area contributed by atoms with Crippen LogP contribution in [0.1, 0.15) is 15.9 Å². The van der Waals surface area contributed by atoms with Crippen molar-refractivity contribution in [2.24, 2.45) is 5.10 Å². The Morgan fingerprint density at radius 3 is 2.43 bits per heavy atom. The number of carbonyl (C=O) groups is 1. The van der Waals surface area contributed by atoms with E-state index in [0.717, 1.165) is 7.11 Å². The van der Waals surface area contributed by atoms with Gasteiger partial charge in [0.25, 0.3) is 5.91 Å². The van der Waals surface area contributed by atoms with Gasteiger partial charge in [-0.05, 0) is 24.3 Å². The average Bonchev–Trinajstić information content (AvgIpc) is 2.54. The van der Waals surface area contributed by atoms with Crippen LogP contribution in [-0.4, -0.2) is 29.4 Å². The minimum absolute atomic E-state index is 0.0985. The van der Waals surface area contributed by atoms with Crippen LogP contribution < -0.4 is 5.43 Å². The molecule has 5 nitrogen and oxygen atoms in total. The Kier molecular flexibility index (Phi) is 7.85. The maximum atomic E-state index is 11.9. The van der Waals surface area contributed by atoms with Gasteiger partial charge in [-0.2, -0.15) is 5.10 Å². The van der Waals surface area contributed by atoms with Gasteiger partial charge in [-0.3, -0.25) is 4.79 Å². The Hall–Kier alpha value is -1.79. The number of benzene rings is 2. The normalized spacial score (nSPS) is 10.1. The van der Waals surface area contributed by atoms with Crippen LogP contribution in [0, 0.1) is 0 Å². The van der Waals surface area contributed by atoms with Crippen LogP contribution in [0.2, 0.25) is 15.1 Å². The van der Waals surface area contributed by atoms with Crippen molar-refractivity contribution in [1.29, 1.82) is 0 Å². The number of hydrazone groups is 1. The highest BCUT2D eigenvalue weighted by Gasteiger charge is 2.09. The number of rotatable bonds is 3. The van der Waals surface area contributed by atoms with Crippen LogP contribution in [0.3, 0.4) is 0 Å². The van der Waals surface area contributed by atoms with E-state index in [1.807, 2.05) is 0 Å². The van der Waals surface area contributed by atoms with Crippen LogP contribution in [0.5, 0.6) is 5.75 Å². The topological polar surface area (TPSA) is 81.9 Å². The fourth-order valence-electron chi connectivity index (χ4n) is 1.55. The Morgan fingerprint density at radius 2 is 1.78 bits per heavy atom. The van der Waals surface area contributed by atoms with Gasteiger partial charge in [-0.15, -0.1) is 0 Å². The van der Waals surface area contributed by atoms with Crippen molar-refractivity contribution in [3.8, 4) is 5.75 Å². The van der Waals surface area contributed by atoms with Gasteiger partial charge >= 0.3 is 0 Å². The summed E-state index contributed by atoms with van der Waals surface area (Å²) in [6.07, 6.45) is 1.24. The SMILES string of the molecule is CO.O=C(N/N=C/c1cc(Cl)cc(Cl)c1O)c1ccccc1Cl. The Bertz CT molecular complexity index is 721. The average molecular weight is 376 g/mol. The first-order valence-electron chi connectivity index (χ1n) is 6.19. The van der Waals surface area contributed by atoms with Gasteiger partial charge in [0.05, 0.1) is 21.8 Å². The molecule has 23 heavy (non-hydrogen) atoms. The molecule has 0 aliphatic rings.